The van der Waals surface area contributed by atoms with Crippen molar-refractivity contribution in [1.29, 1.82) is 0 Å². The number of hydrogen-bond acceptors (Lipinski definition) is 4. The molecule has 32 heavy (non-hydrogen) atoms. The molecule has 0 aromatic carbocycles. The van der Waals surface area contributed by atoms with Crippen molar-refractivity contribution in [2.45, 2.75) is 124 Å². The summed E-state index contributed by atoms with van der Waals surface area (Å²) in [4.78, 5) is 24.0. The van der Waals surface area contributed by atoms with Crippen LogP contribution in [-0.4, -0.2) is 32.8 Å². The van der Waals surface area contributed by atoms with Crippen LogP contribution in [0.2, 0.25) is 18.1 Å². The normalized spacial score (nSPS) is 38.4. The van der Waals surface area contributed by atoms with Gasteiger partial charge in [-0.1, -0.05) is 34.6 Å². The van der Waals surface area contributed by atoms with Gasteiger partial charge in [-0.05, 0) is 92.7 Å². The molecule has 3 aliphatic rings. The third-order valence-corrected chi connectivity index (χ3v) is 14.8. The van der Waals surface area contributed by atoms with Crippen LogP contribution in [0.1, 0.15) is 99.3 Å². The molecule has 0 N–H and O–H groups in total. The second-order valence-corrected chi connectivity index (χ2v) is 17.9. The highest BCUT2D eigenvalue weighted by Crippen LogP contribution is 2.59. The summed E-state index contributed by atoms with van der Waals surface area (Å²) in [6.07, 6.45) is 9.88. The molecule has 0 heterocycles. The van der Waals surface area contributed by atoms with Crippen molar-refractivity contribution in [1.82, 2.24) is 0 Å². The zero-order chi connectivity index (χ0) is 23.9. The summed E-state index contributed by atoms with van der Waals surface area (Å²) in [7, 11) is -1.82. The van der Waals surface area contributed by atoms with Gasteiger partial charge in [0.15, 0.2) is 8.32 Å². The topological polar surface area (TPSA) is 52.6 Å². The molecule has 0 aliphatic heterocycles. The number of Topliss-reactive ketones (excluding diaryl/α,β-unsaturated/α-hetero) is 1. The molecule has 6 atom stereocenters. The molecular weight excluding hydrogens is 416 g/mol. The van der Waals surface area contributed by atoms with Gasteiger partial charge in [-0.25, -0.2) is 0 Å². The minimum atomic E-state index is -1.82. The van der Waals surface area contributed by atoms with Crippen LogP contribution in [0.15, 0.2) is 0 Å². The smallest absolute Gasteiger partial charge is 0.302 e. The maximum absolute atomic E-state index is 12.6. The van der Waals surface area contributed by atoms with Crippen molar-refractivity contribution in [3.05, 3.63) is 0 Å². The van der Waals surface area contributed by atoms with Crippen molar-refractivity contribution in [2.75, 3.05) is 6.61 Å². The van der Waals surface area contributed by atoms with E-state index in [1.54, 1.807) is 0 Å². The van der Waals surface area contributed by atoms with Crippen molar-refractivity contribution in [3.63, 3.8) is 0 Å². The molecule has 3 unspecified atom stereocenters. The quantitative estimate of drug-likeness (QED) is 0.316. The van der Waals surface area contributed by atoms with E-state index in [1.807, 2.05) is 0 Å². The number of ether oxygens (including phenoxy) is 1. The second-order valence-electron chi connectivity index (χ2n) is 13.2. The van der Waals surface area contributed by atoms with E-state index in [9.17, 15) is 9.59 Å². The first-order chi connectivity index (χ1) is 14.7. The van der Waals surface area contributed by atoms with E-state index < -0.39 is 8.32 Å². The largest absolute Gasteiger partial charge is 0.466 e. The third-order valence-electron chi connectivity index (χ3n) is 10.3. The Morgan fingerprint density at radius 2 is 1.75 bits per heavy atom. The fraction of sp³-hybridized carbons (Fsp3) is 0.926. The minimum Gasteiger partial charge on any atom is -0.466 e. The lowest BCUT2D eigenvalue weighted by molar-refractivity contribution is -0.142. The van der Waals surface area contributed by atoms with Crippen molar-refractivity contribution >= 4 is 20.1 Å². The van der Waals surface area contributed by atoms with Crippen LogP contribution in [0.25, 0.3) is 0 Å². The van der Waals surface area contributed by atoms with Crippen LogP contribution in [0.3, 0.4) is 0 Å². The molecular formula is C27H48O4Si. The summed E-state index contributed by atoms with van der Waals surface area (Å²) in [6, 6.07) is 0. The molecule has 0 amide bonds. The average molecular weight is 465 g/mol. The van der Waals surface area contributed by atoms with E-state index in [0.29, 0.717) is 36.2 Å². The number of fused-ring (bicyclic) bond motifs is 1. The van der Waals surface area contributed by atoms with Crippen LogP contribution >= 0.6 is 0 Å². The molecule has 184 valence electrons. The molecule has 4 nitrogen and oxygen atoms in total. The van der Waals surface area contributed by atoms with E-state index in [2.05, 4.69) is 47.7 Å². The number of ketones is 1. The van der Waals surface area contributed by atoms with Gasteiger partial charge in [0.25, 0.3) is 0 Å². The first-order valence-corrected chi connectivity index (χ1v) is 15.9. The lowest BCUT2D eigenvalue weighted by atomic mass is 9.52. The summed E-state index contributed by atoms with van der Waals surface area (Å²) < 4.78 is 12.3. The van der Waals surface area contributed by atoms with Gasteiger partial charge in [0.2, 0.25) is 0 Å². The molecule has 0 spiro atoms. The summed E-state index contributed by atoms with van der Waals surface area (Å²) in [5.41, 5.74) is 0.170. The van der Waals surface area contributed by atoms with Gasteiger partial charge in [-0.15, -0.1) is 0 Å². The summed E-state index contributed by atoms with van der Waals surface area (Å²) in [5, 5.41) is 0.212. The number of rotatable bonds is 6. The first-order valence-electron chi connectivity index (χ1n) is 13.0. The molecule has 0 aromatic rings. The Morgan fingerprint density at radius 3 is 2.38 bits per heavy atom. The highest BCUT2D eigenvalue weighted by Gasteiger charge is 2.54. The Kier molecular flexibility index (Phi) is 7.43. The maximum Gasteiger partial charge on any atom is 0.302 e. The van der Waals surface area contributed by atoms with E-state index in [-0.39, 0.29) is 21.8 Å². The van der Waals surface area contributed by atoms with Crippen LogP contribution in [0, 0.1) is 28.6 Å². The van der Waals surface area contributed by atoms with Crippen molar-refractivity contribution in [2.24, 2.45) is 28.6 Å². The van der Waals surface area contributed by atoms with Crippen LogP contribution in [-0.2, 0) is 18.8 Å². The summed E-state index contributed by atoms with van der Waals surface area (Å²) in [5.74, 6) is 2.03. The first kappa shape index (κ1) is 25.9. The molecule has 0 saturated heterocycles. The highest BCUT2D eigenvalue weighted by atomic mass is 28.4. The van der Waals surface area contributed by atoms with Crippen LogP contribution in [0.5, 0.6) is 0 Å². The molecule has 3 rings (SSSR count). The molecule has 0 aromatic heterocycles. The molecule has 0 bridgehead atoms. The average Bonchev–Trinajstić information content (AvgIpc) is 2.97. The molecule has 3 fully saturated rings. The molecule has 0 radical (unpaired) electrons. The van der Waals surface area contributed by atoms with Gasteiger partial charge in [0.05, 0.1) is 6.61 Å². The fourth-order valence-electron chi connectivity index (χ4n) is 6.80. The van der Waals surface area contributed by atoms with E-state index in [4.69, 9.17) is 9.16 Å². The Hall–Kier alpha value is -0.683. The minimum absolute atomic E-state index is 0.0667. The Morgan fingerprint density at radius 1 is 1.06 bits per heavy atom. The van der Waals surface area contributed by atoms with E-state index in [1.165, 1.54) is 19.8 Å². The predicted molar refractivity (Wildman–Crippen MR) is 132 cm³/mol. The standard InChI is InChI=1S/C27H48O4Si/c1-19(28)30-16-13-22-18-23(31-32(7,8)25(2,3)4)12-15-26(22,5)21-11-14-27(6)20(17-21)9-10-24(27)29/h20-23H,9-18H2,1-8H3/t20?,21?,22-,23?,26+,27-/m0/s1. The Balaban J connectivity index is 1.75. The lowest BCUT2D eigenvalue weighted by Crippen LogP contribution is -2.50. The fourth-order valence-corrected chi connectivity index (χ4v) is 8.20. The number of esters is 1. The van der Waals surface area contributed by atoms with Gasteiger partial charge in [0.1, 0.15) is 5.78 Å². The van der Waals surface area contributed by atoms with Gasteiger partial charge < -0.3 is 9.16 Å². The van der Waals surface area contributed by atoms with Crippen molar-refractivity contribution in [3.8, 4) is 0 Å². The lowest BCUT2D eigenvalue weighted by Gasteiger charge is -2.54. The maximum atomic E-state index is 12.6. The monoisotopic (exact) mass is 464 g/mol. The Labute approximate surface area is 197 Å². The summed E-state index contributed by atoms with van der Waals surface area (Å²) in [6.45, 7) is 18.4. The number of carbonyl (C=O) groups excluding carboxylic acids is 2. The molecule has 3 aliphatic carbocycles. The van der Waals surface area contributed by atoms with Crippen molar-refractivity contribution < 1.29 is 18.8 Å². The third kappa shape index (κ3) is 5.04. The van der Waals surface area contributed by atoms with Crippen LogP contribution in [0.4, 0.5) is 0 Å². The summed E-state index contributed by atoms with van der Waals surface area (Å²) >= 11 is 0. The number of carbonyl (C=O) groups is 2. The Bertz CT molecular complexity index is 711. The van der Waals surface area contributed by atoms with Gasteiger partial charge in [-0.2, -0.15) is 0 Å². The number of hydrogen-bond donors (Lipinski definition) is 0. The van der Waals surface area contributed by atoms with E-state index in [0.717, 1.165) is 44.9 Å². The van der Waals surface area contributed by atoms with Gasteiger partial charge in [-0.3, -0.25) is 9.59 Å². The second kappa shape index (κ2) is 9.17. The van der Waals surface area contributed by atoms with E-state index >= 15 is 0 Å². The zero-order valence-corrected chi connectivity index (χ0v) is 23.0. The molecule has 3 saturated carbocycles. The van der Waals surface area contributed by atoms with Crippen LogP contribution < -0.4 is 0 Å². The predicted octanol–water partition coefficient (Wildman–Crippen LogP) is 6.92. The molecule has 5 heteroatoms. The van der Waals surface area contributed by atoms with Gasteiger partial charge in [0, 0.05) is 24.9 Å². The zero-order valence-electron chi connectivity index (χ0n) is 22.0. The highest BCUT2D eigenvalue weighted by molar-refractivity contribution is 6.74. The SMILES string of the molecule is CC(=O)OCC[C@H]1CC(O[Si](C)(C)C(C)(C)C)CC[C@]1(C)C1CC[C@]2(C)C(=O)CCC2C1. The van der Waals surface area contributed by atoms with Gasteiger partial charge >= 0.3 is 5.97 Å².